The summed E-state index contributed by atoms with van der Waals surface area (Å²) < 4.78 is 24.5. The highest BCUT2D eigenvalue weighted by molar-refractivity contribution is 5.98. The first-order valence-corrected chi connectivity index (χ1v) is 8.71. The van der Waals surface area contributed by atoms with Crippen molar-refractivity contribution in [2.75, 3.05) is 7.11 Å². The number of methoxy groups -OCH3 is 1. The van der Waals surface area contributed by atoms with E-state index in [1.165, 1.54) is 45.2 Å². The molecule has 0 saturated carbocycles. The van der Waals surface area contributed by atoms with Gasteiger partial charge in [0.1, 0.15) is 29.3 Å². The number of ether oxygens (including phenoxy) is 2. The molecule has 0 saturated heterocycles. The number of phenols is 1. The normalized spacial score (nSPS) is 29.7. The molecule has 2 unspecified atom stereocenters. The lowest BCUT2D eigenvalue weighted by atomic mass is 9.99. The first-order valence-electron chi connectivity index (χ1n) is 8.71. The van der Waals surface area contributed by atoms with Gasteiger partial charge in [-0.1, -0.05) is 19.1 Å². The standard InChI is InChI=1S/C20H23FO7/c1-10-7-14(21)18(24)19(25)15(22)6-4-5-12-8-13(27-3)9-16(23)17(12)20(26)28-11(10)2/h4-5,7-11,15,19,22-23,25H,6H2,1-3H3/b5-4+,14-7+/t10-,11+,15?,19?/m1/s1. The van der Waals surface area contributed by atoms with Crippen molar-refractivity contribution in [3.8, 4) is 11.5 Å². The minimum Gasteiger partial charge on any atom is -0.507 e. The molecule has 8 heteroatoms. The SMILES string of the molecule is COc1cc(O)c2c(c1)/C=C/CC(O)C(O)C(=O)/C(F)=C\[C@@H](C)[C@H](C)OC2=O. The highest BCUT2D eigenvalue weighted by atomic mass is 19.1. The Morgan fingerprint density at radius 2 is 1.89 bits per heavy atom. The number of carbonyl (C=O) groups excluding carboxylic acids is 2. The van der Waals surface area contributed by atoms with Gasteiger partial charge in [0.05, 0.1) is 13.2 Å². The Labute approximate surface area is 161 Å². The molecular formula is C20H23FO7. The first-order chi connectivity index (χ1) is 13.1. The fourth-order valence-electron chi connectivity index (χ4n) is 2.66. The zero-order valence-corrected chi connectivity index (χ0v) is 15.8. The summed E-state index contributed by atoms with van der Waals surface area (Å²) in [5.41, 5.74) is 0.136. The molecule has 0 aliphatic carbocycles. The summed E-state index contributed by atoms with van der Waals surface area (Å²) in [6, 6.07) is 2.74. The van der Waals surface area contributed by atoms with E-state index in [2.05, 4.69) is 0 Å². The molecule has 1 heterocycles. The van der Waals surface area contributed by atoms with E-state index < -0.39 is 41.8 Å². The van der Waals surface area contributed by atoms with Gasteiger partial charge in [0.2, 0.25) is 5.78 Å². The zero-order valence-electron chi connectivity index (χ0n) is 15.8. The number of aliphatic hydroxyl groups is 2. The van der Waals surface area contributed by atoms with Crippen molar-refractivity contribution in [2.24, 2.45) is 5.92 Å². The largest absolute Gasteiger partial charge is 0.507 e. The summed E-state index contributed by atoms with van der Waals surface area (Å²) in [7, 11) is 1.39. The van der Waals surface area contributed by atoms with Gasteiger partial charge in [0.25, 0.3) is 0 Å². The van der Waals surface area contributed by atoms with Crippen molar-refractivity contribution in [3.63, 3.8) is 0 Å². The van der Waals surface area contributed by atoms with Crippen molar-refractivity contribution in [1.82, 2.24) is 0 Å². The third-order valence-electron chi connectivity index (χ3n) is 4.55. The van der Waals surface area contributed by atoms with E-state index in [1.807, 2.05) is 0 Å². The maximum atomic E-state index is 14.1. The summed E-state index contributed by atoms with van der Waals surface area (Å²) in [6.45, 7) is 3.03. The number of hydrogen-bond donors (Lipinski definition) is 3. The lowest BCUT2D eigenvalue weighted by Gasteiger charge is -2.20. The number of phenolic OH excluding ortho intramolecular Hbond substituents is 1. The van der Waals surface area contributed by atoms with Crippen LogP contribution in [0.2, 0.25) is 0 Å². The molecular weight excluding hydrogens is 371 g/mol. The molecule has 152 valence electrons. The van der Waals surface area contributed by atoms with Crippen LogP contribution in [-0.2, 0) is 9.53 Å². The number of rotatable bonds is 1. The van der Waals surface area contributed by atoms with Crippen molar-refractivity contribution in [3.05, 3.63) is 41.2 Å². The number of ketones is 1. The molecule has 1 aliphatic rings. The van der Waals surface area contributed by atoms with E-state index >= 15 is 0 Å². The van der Waals surface area contributed by atoms with Crippen molar-refractivity contribution < 1.29 is 38.8 Å². The van der Waals surface area contributed by atoms with Crippen LogP contribution in [0.1, 0.15) is 36.2 Å². The molecule has 0 radical (unpaired) electrons. The van der Waals surface area contributed by atoms with Gasteiger partial charge in [-0.2, -0.15) is 0 Å². The van der Waals surface area contributed by atoms with Gasteiger partial charge < -0.3 is 24.8 Å². The van der Waals surface area contributed by atoms with Gasteiger partial charge in [-0.15, -0.1) is 0 Å². The van der Waals surface area contributed by atoms with Gasteiger partial charge in [-0.25, -0.2) is 9.18 Å². The van der Waals surface area contributed by atoms with Crippen LogP contribution in [-0.4, -0.2) is 52.5 Å². The first kappa shape index (κ1) is 21.6. The van der Waals surface area contributed by atoms with Gasteiger partial charge in [-0.05, 0) is 31.1 Å². The topological polar surface area (TPSA) is 113 Å². The highest BCUT2D eigenvalue weighted by Crippen LogP contribution is 2.31. The molecule has 2 rings (SSSR count). The van der Waals surface area contributed by atoms with E-state index in [1.54, 1.807) is 0 Å². The Morgan fingerprint density at radius 1 is 1.21 bits per heavy atom. The maximum absolute atomic E-state index is 14.1. The molecule has 0 fully saturated rings. The van der Waals surface area contributed by atoms with Crippen LogP contribution in [0.15, 0.2) is 30.1 Å². The van der Waals surface area contributed by atoms with Crippen molar-refractivity contribution in [2.45, 2.75) is 38.6 Å². The van der Waals surface area contributed by atoms with Crippen LogP contribution in [0.3, 0.4) is 0 Å². The van der Waals surface area contributed by atoms with E-state index in [-0.39, 0.29) is 29.0 Å². The third-order valence-corrected chi connectivity index (χ3v) is 4.55. The Balaban J connectivity index is 2.54. The van der Waals surface area contributed by atoms with E-state index in [4.69, 9.17) is 9.47 Å². The quantitative estimate of drug-likeness (QED) is 0.626. The minimum absolute atomic E-state index is 0.122. The monoisotopic (exact) mass is 394 g/mol. The molecule has 1 aromatic rings. The van der Waals surface area contributed by atoms with E-state index in [0.29, 0.717) is 0 Å². The number of carbonyl (C=O) groups is 2. The van der Waals surface area contributed by atoms with Crippen LogP contribution in [0.25, 0.3) is 6.08 Å². The number of aliphatic hydroxyl groups excluding tert-OH is 2. The Hall–Kier alpha value is -2.71. The number of halogens is 1. The van der Waals surface area contributed by atoms with Crippen molar-refractivity contribution >= 4 is 17.8 Å². The number of esters is 1. The van der Waals surface area contributed by atoms with E-state index in [9.17, 15) is 29.3 Å². The molecule has 4 atom stereocenters. The summed E-state index contributed by atoms with van der Waals surface area (Å²) in [5, 5.41) is 30.1. The van der Waals surface area contributed by atoms with Crippen LogP contribution < -0.4 is 4.74 Å². The second-order valence-corrected chi connectivity index (χ2v) is 6.61. The number of Topliss-reactive ketones (excluding diaryl/α,β-unsaturated/α-hetero) is 1. The molecule has 0 bridgehead atoms. The molecule has 0 spiro atoms. The van der Waals surface area contributed by atoms with E-state index in [0.717, 1.165) is 6.08 Å². The zero-order chi connectivity index (χ0) is 21.0. The maximum Gasteiger partial charge on any atom is 0.342 e. The third kappa shape index (κ3) is 4.76. The van der Waals surface area contributed by atoms with Crippen LogP contribution >= 0.6 is 0 Å². The lowest BCUT2D eigenvalue weighted by Crippen LogP contribution is -2.34. The fourth-order valence-corrected chi connectivity index (χ4v) is 2.66. The van der Waals surface area contributed by atoms with Gasteiger partial charge >= 0.3 is 5.97 Å². The smallest absolute Gasteiger partial charge is 0.342 e. The van der Waals surface area contributed by atoms with Crippen molar-refractivity contribution in [1.29, 1.82) is 0 Å². The highest BCUT2D eigenvalue weighted by Gasteiger charge is 2.29. The van der Waals surface area contributed by atoms with Crippen LogP contribution in [0.5, 0.6) is 11.5 Å². The number of benzene rings is 1. The molecule has 1 aliphatic heterocycles. The minimum atomic E-state index is -1.94. The molecule has 28 heavy (non-hydrogen) atoms. The Bertz CT molecular complexity index is 815. The van der Waals surface area contributed by atoms with Gasteiger partial charge in [0, 0.05) is 12.0 Å². The molecule has 1 aromatic carbocycles. The van der Waals surface area contributed by atoms with Crippen LogP contribution in [0, 0.1) is 5.92 Å². The van der Waals surface area contributed by atoms with Crippen LogP contribution in [0.4, 0.5) is 4.39 Å². The molecule has 3 N–H and O–H groups in total. The fraction of sp³-hybridized carbons (Fsp3) is 0.400. The average Bonchev–Trinajstić information content (AvgIpc) is 2.65. The summed E-state index contributed by atoms with van der Waals surface area (Å²) in [4.78, 5) is 24.5. The summed E-state index contributed by atoms with van der Waals surface area (Å²) >= 11 is 0. The Morgan fingerprint density at radius 3 is 2.54 bits per heavy atom. The Kier molecular flexibility index (Phi) is 6.93. The predicted molar refractivity (Wildman–Crippen MR) is 98.6 cm³/mol. The van der Waals surface area contributed by atoms with Gasteiger partial charge in [-0.3, -0.25) is 4.79 Å². The number of hydrogen-bond acceptors (Lipinski definition) is 7. The lowest BCUT2D eigenvalue weighted by molar-refractivity contribution is -0.130. The summed E-state index contributed by atoms with van der Waals surface area (Å²) in [6.07, 6.45) is -0.808. The molecule has 7 nitrogen and oxygen atoms in total. The number of fused-ring (bicyclic) bond motifs is 1. The number of cyclic esters (lactones) is 1. The second kappa shape index (κ2) is 8.99. The second-order valence-electron chi connectivity index (χ2n) is 6.61. The number of aromatic hydroxyl groups is 1. The molecule has 0 aromatic heterocycles. The summed E-state index contributed by atoms with van der Waals surface area (Å²) in [5.74, 6) is -4.10. The molecule has 0 amide bonds. The average molecular weight is 394 g/mol. The predicted octanol–water partition coefficient (Wildman–Crippen LogP) is 2.14. The van der Waals surface area contributed by atoms with Gasteiger partial charge in [0.15, 0.2) is 5.83 Å².